The summed E-state index contributed by atoms with van der Waals surface area (Å²) in [6.07, 6.45) is 2.72. The van der Waals surface area contributed by atoms with Crippen molar-refractivity contribution >= 4 is 5.97 Å². The van der Waals surface area contributed by atoms with Crippen LogP contribution in [0.3, 0.4) is 0 Å². The number of rotatable bonds is 3. The molecule has 21 heavy (non-hydrogen) atoms. The SMILES string of the molecule is N#Cc1cccc(-n2ncc(C(=O)O)c2C2CCCO2)c1. The van der Waals surface area contributed by atoms with Gasteiger partial charge >= 0.3 is 5.97 Å². The van der Waals surface area contributed by atoms with Crippen LogP contribution in [-0.4, -0.2) is 27.5 Å². The number of ether oxygens (including phenoxy) is 1. The molecule has 0 aliphatic carbocycles. The molecular weight excluding hydrogens is 270 g/mol. The van der Waals surface area contributed by atoms with E-state index in [1.807, 2.05) is 0 Å². The molecule has 6 heteroatoms. The molecule has 1 N–H and O–H groups in total. The third-order valence-electron chi connectivity index (χ3n) is 3.49. The number of carboxylic acids is 1. The van der Waals surface area contributed by atoms with Crippen LogP contribution in [0.15, 0.2) is 30.5 Å². The van der Waals surface area contributed by atoms with Gasteiger partial charge in [0.25, 0.3) is 0 Å². The van der Waals surface area contributed by atoms with Crippen LogP contribution in [0, 0.1) is 11.3 Å². The summed E-state index contributed by atoms with van der Waals surface area (Å²) < 4.78 is 7.17. The fraction of sp³-hybridized carbons (Fsp3) is 0.267. The van der Waals surface area contributed by atoms with Crippen molar-refractivity contribution in [2.24, 2.45) is 0 Å². The van der Waals surface area contributed by atoms with E-state index in [9.17, 15) is 9.90 Å². The molecule has 0 amide bonds. The molecule has 3 rings (SSSR count). The summed E-state index contributed by atoms with van der Waals surface area (Å²) in [7, 11) is 0. The van der Waals surface area contributed by atoms with Crippen molar-refractivity contribution < 1.29 is 14.6 Å². The van der Waals surface area contributed by atoms with Crippen LogP contribution >= 0.6 is 0 Å². The molecule has 0 radical (unpaired) electrons. The van der Waals surface area contributed by atoms with Crippen molar-refractivity contribution in [2.75, 3.05) is 6.61 Å². The molecule has 2 heterocycles. The lowest BCUT2D eigenvalue weighted by Gasteiger charge is -2.14. The maximum absolute atomic E-state index is 11.4. The first kappa shape index (κ1) is 13.3. The molecule has 2 aromatic rings. The molecule has 0 spiro atoms. The van der Waals surface area contributed by atoms with Gasteiger partial charge < -0.3 is 9.84 Å². The number of nitrogens with zero attached hydrogens (tertiary/aromatic N) is 3. The highest BCUT2D eigenvalue weighted by Gasteiger charge is 2.28. The molecule has 0 bridgehead atoms. The third-order valence-corrected chi connectivity index (χ3v) is 3.49. The number of carboxylic acid groups (broad SMARTS) is 1. The summed E-state index contributed by atoms with van der Waals surface area (Å²) in [5.41, 5.74) is 1.84. The van der Waals surface area contributed by atoms with Crippen molar-refractivity contribution in [2.45, 2.75) is 18.9 Å². The Hall–Kier alpha value is -2.65. The second kappa shape index (κ2) is 5.38. The van der Waals surface area contributed by atoms with E-state index in [0.717, 1.165) is 12.8 Å². The van der Waals surface area contributed by atoms with Gasteiger partial charge in [-0.05, 0) is 31.0 Å². The molecule has 1 atom stereocenters. The number of benzene rings is 1. The standard InChI is InChI=1S/C15H13N3O3/c16-8-10-3-1-4-11(7-10)18-14(13-5-2-6-21-13)12(9-17-18)15(19)20/h1,3-4,7,9,13H,2,5-6H2,(H,19,20). The highest BCUT2D eigenvalue weighted by molar-refractivity contribution is 5.89. The zero-order valence-electron chi connectivity index (χ0n) is 11.2. The Bertz CT molecular complexity index is 724. The summed E-state index contributed by atoms with van der Waals surface area (Å²) in [5, 5.41) is 22.5. The Morgan fingerprint density at radius 1 is 1.52 bits per heavy atom. The van der Waals surface area contributed by atoms with Crippen LogP contribution in [0.5, 0.6) is 0 Å². The second-order valence-electron chi connectivity index (χ2n) is 4.82. The van der Waals surface area contributed by atoms with Gasteiger partial charge in [-0.2, -0.15) is 10.4 Å². The van der Waals surface area contributed by atoms with Gasteiger partial charge in [-0.1, -0.05) is 6.07 Å². The Labute approximate surface area is 121 Å². The summed E-state index contributed by atoms with van der Waals surface area (Å²) in [5.74, 6) is -1.02. The van der Waals surface area contributed by atoms with Crippen molar-refractivity contribution in [1.29, 1.82) is 5.26 Å². The number of nitriles is 1. The highest BCUT2D eigenvalue weighted by Crippen LogP contribution is 2.32. The molecule has 1 aromatic heterocycles. The van der Waals surface area contributed by atoms with E-state index < -0.39 is 5.97 Å². The van der Waals surface area contributed by atoms with Gasteiger partial charge in [-0.15, -0.1) is 0 Å². The Morgan fingerprint density at radius 2 is 2.38 bits per heavy atom. The predicted molar refractivity (Wildman–Crippen MR) is 73.2 cm³/mol. The summed E-state index contributed by atoms with van der Waals surface area (Å²) in [6, 6.07) is 8.97. The molecule has 1 aliphatic heterocycles. The maximum Gasteiger partial charge on any atom is 0.339 e. The van der Waals surface area contributed by atoms with Gasteiger partial charge in [0.15, 0.2) is 0 Å². The Balaban J connectivity index is 2.13. The van der Waals surface area contributed by atoms with Crippen LogP contribution in [0.25, 0.3) is 5.69 Å². The third kappa shape index (κ3) is 2.39. The van der Waals surface area contributed by atoms with Crippen molar-refractivity contribution in [3.05, 3.63) is 47.3 Å². The number of hydrogen-bond donors (Lipinski definition) is 1. The minimum atomic E-state index is -1.02. The summed E-state index contributed by atoms with van der Waals surface area (Å²) in [4.78, 5) is 11.4. The van der Waals surface area contributed by atoms with Gasteiger partial charge in [0.2, 0.25) is 0 Å². The molecule has 106 valence electrons. The molecule has 1 unspecified atom stereocenters. The first-order chi connectivity index (χ1) is 10.2. The zero-order valence-corrected chi connectivity index (χ0v) is 11.2. The quantitative estimate of drug-likeness (QED) is 0.933. The molecule has 0 saturated carbocycles. The van der Waals surface area contributed by atoms with E-state index >= 15 is 0 Å². The molecule has 1 aliphatic rings. The fourth-order valence-corrected chi connectivity index (χ4v) is 2.54. The highest BCUT2D eigenvalue weighted by atomic mass is 16.5. The first-order valence-corrected chi connectivity index (χ1v) is 6.64. The maximum atomic E-state index is 11.4. The minimum Gasteiger partial charge on any atom is -0.478 e. The lowest BCUT2D eigenvalue weighted by Crippen LogP contribution is -2.11. The topological polar surface area (TPSA) is 88.1 Å². The Kier molecular flexibility index (Phi) is 3.42. The van der Waals surface area contributed by atoms with Crippen LogP contribution < -0.4 is 0 Å². The van der Waals surface area contributed by atoms with Gasteiger partial charge in [-0.3, -0.25) is 0 Å². The van der Waals surface area contributed by atoms with Crippen molar-refractivity contribution in [3.8, 4) is 11.8 Å². The minimum absolute atomic E-state index is 0.143. The van der Waals surface area contributed by atoms with E-state index in [2.05, 4.69) is 11.2 Å². The number of aromatic nitrogens is 2. The Morgan fingerprint density at radius 3 is 3.05 bits per heavy atom. The van der Waals surface area contributed by atoms with Gasteiger partial charge in [-0.25, -0.2) is 9.48 Å². The van der Waals surface area contributed by atoms with E-state index in [1.54, 1.807) is 28.9 Å². The average Bonchev–Trinajstić information content (AvgIpc) is 3.15. The van der Waals surface area contributed by atoms with E-state index in [0.29, 0.717) is 23.6 Å². The fourth-order valence-electron chi connectivity index (χ4n) is 2.54. The number of hydrogen-bond acceptors (Lipinski definition) is 4. The van der Waals surface area contributed by atoms with Gasteiger partial charge in [0.1, 0.15) is 11.7 Å². The van der Waals surface area contributed by atoms with Crippen molar-refractivity contribution in [1.82, 2.24) is 9.78 Å². The number of carbonyl (C=O) groups is 1. The molecular formula is C15H13N3O3. The van der Waals surface area contributed by atoms with Crippen LogP contribution in [0.4, 0.5) is 0 Å². The number of aromatic carboxylic acids is 1. The molecule has 6 nitrogen and oxygen atoms in total. The monoisotopic (exact) mass is 283 g/mol. The predicted octanol–water partition coefficient (Wildman–Crippen LogP) is 2.29. The van der Waals surface area contributed by atoms with E-state index in [1.165, 1.54) is 6.20 Å². The average molecular weight is 283 g/mol. The smallest absolute Gasteiger partial charge is 0.339 e. The lowest BCUT2D eigenvalue weighted by atomic mass is 10.1. The normalized spacial score (nSPS) is 17.6. The molecule has 1 aromatic carbocycles. The van der Waals surface area contributed by atoms with Gasteiger partial charge in [0.05, 0.1) is 29.2 Å². The molecule has 1 saturated heterocycles. The largest absolute Gasteiger partial charge is 0.478 e. The zero-order chi connectivity index (χ0) is 14.8. The lowest BCUT2D eigenvalue weighted by molar-refractivity contribution is 0.0679. The van der Waals surface area contributed by atoms with E-state index in [4.69, 9.17) is 10.00 Å². The van der Waals surface area contributed by atoms with E-state index in [-0.39, 0.29) is 11.7 Å². The molecule has 1 fully saturated rings. The second-order valence-corrected chi connectivity index (χ2v) is 4.82. The summed E-state index contributed by atoms with van der Waals surface area (Å²) >= 11 is 0. The first-order valence-electron chi connectivity index (χ1n) is 6.64. The van der Waals surface area contributed by atoms with Crippen LogP contribution in [0.2, 0.25) is 0 Å². The van der Waals surface area contributed by atoms with Crippen LogP contribution in [0.1, 0.15) is 40.6 Å². The van der Waals surface area contributed by atoms with Crippen molar-refractivity contribution in [3.63, 3.8) is 0 Å². The van der Waals surface area contributed by atoms with Gasteiger partial charge in [0, 0.05) is 6.61 Å². The van der Waals surface area contributed by atoms with Crippen LogP contribution in [-0.2, 0) is 4.74 Å². The summed E-state index contributed by atoms with van der Waals surface area (Å²) in [6.45, 7) is 0.618.